The van der Waals surface area contributed by atoms with Gasteiger partial charge in [0.1, 0.15) is 0 Å². The van der Waals surface area contributed by atoms with Crippen molar-refractivity contribution in [2.45, 2.75) is 26.0 Å². The number of aryl methyl sites for hydroxylation is 1. The molecule has 3 aromatic rings. The minimum Gasteiger partial charge on any atom is -0.294 e. The highest BCUT2D eigenvalue weighted by molar-refractivity contribution is 6.73. The van der Waals surface area contributed by atoms with Gasteiger partial charge in [0.2, 0.25) is 0 Å². The molecule has 2 aromatic carbocycles. The third-order valence-electron chi connectivity index (χ3n) is 4.88. The van der Waals surface area contributed by atoms with Gasteiger partial charge < -0.3 is 0 Å². The summed E-state index contributed by atoms with van der Waals surface area (Å²) >= 11 is 0. The van der Waals surface area contributed by atoms with Crippen LogP contribution in [0.1, 0.15) is 21.5 Å². The minimum absolute atomic E-state index is 0.114. The fourth-order valence-corrected chi connectivity index (χ4v) is 3.44. The van der Waals surface area contributed by atoms with Gasteiger partial charge in [-0.1, -0.05) is 60.6 Å². The summed E-state index contributed by atoms with van der Waals surface area (Å²) in [6.07, 6.45) is 6.28. The van der Waals surface area contributed by atoms with Crippen LogP contribution in [-0.2, 0) is 12.8 Å². The van der Waals surface area contributed by atoms with Crippen LogP contribution < -0.4 is 5.46 Å². The average molecular weight is 314 g/mol. The number of carbonyl (C=O) groups is 1. The number of para-hydroxylation sites is 1. The second-order valence-corrected chi connectivity index (χ2v) is 6.58. The van der Waals surface area contributed by atoms with Crippen molar-refractivity contribution < 1.29 is 4.79 Å². The first kappa shape index (κ1) is 14.9. The van der Waals surface area contributed by atoms with Crippen LogP contribution in [0.15, 0.2) is 60.9 Å². The van der Waals surface area contributed by atoms with Crippen molar-refractivity contribution in [3.63, 3.8) is 0 Å². The molecule has 24 heavy (non-hydrogen) atoms. The van der Waals surface area contributed by atoms with Crippen molar-refractivity contribution in [2.75, 3.05) is 0 Å². The fraction of sp³-hybridized carbons (Fsp3) is 0.200. The predicted octanol–water partition coefficient (Wildman–Crippen LogP) is 3.19. The molecule has 2 heterocycles. The summed E-state index contributed by atoms with van der Waals surface area (Å²) in [6, 6.07) is 16.3. The van der Waals surface area contributed by atoms with Crippen molar-refractivity contribution in [1.29, 1.82) is 0 Å². The Morgan fingerprint density at radius 1 is 1.21 bits per heavy atom. The van der Waals surface area contributed by atoms with E-state index in [0.29, 0.717) is 18.7 Å². The molecule has 0 spiro atoms. The number of aromatic nitrogens is 2. The number of ketones is 1. The van der Waals surface area contributed by atoms with E-state index in [1.165, 1.54) is 17.3 Å². The van der Waals surface area contributed by atoms with Gasteiger partial charge in [-0.25, -0.2) is 4.68 Å². The summed E-state index contributed by atoms with van der Waals surface area (Å²) < 4.78 is 1.75. The Balaban J connectivity index is 1.53. The molecule has 0 saturated heterocycles. The molecule has 0 bridgehead atoms. The van der Waals surface area contributed by atoms with Crippen molar-refractivity contribution in [3.8, 4) is 5.69 Å². The molecule has 0 unspecified atom stereocenters. The van der Waals surface area contributed by atoms with Gasteiger partial charge in [0.25, 0.3) is 0 Å². The number of benzene rings is 2. The van der Waals surface area contributed by atoms with E-state index < -0.39 is 0 Å². The van der Waals surface area contributed by atoms with E-state index in [1.54, 1.807) is 10.9 Å². The fourth-order valence-electron chi connectivity index (χ4n) is 3.44. The van der Waals surface area contributed by atoms with Crippen molar-refractivity contribution in [1.82, 2.24) is 9.78 Å². The second-order valence-electron chi connectivity index (χ2n) is 6.58. The first-order valence-corrected chi connectivity index (χ1v) is 8.46. The van der Waals surface area contributed by atoms with E-state index in [-0.39, 0.29) is 5.78 Å². The molecule has 1 aliphatic heterocycles. The average Bonchev–Trinajstić information content (AvgIpc) is 3.24. The maximum absolute atomic E-state index is 12.6. The monoisotopic (exact) mass is 314 g/mol. The van der Waals surface area contributed by atoms with E-state index in [4.69, 9.17) is 0 Å². The first-order chi connectivity index (χ1) is 11.7. The van der Waals surface area contributed by atoms with Crippen LogP contribution in [0.4, 0.5) is 0 Å². The van der Waals surface area contributed by atoms with Crippen molar-refractivity contribution in [2.24, 2.45) is 0 Å². The number of Topliss-reactive ketones (excluding diaryl/α,β-unsaturated/α-hetero) is 1. The third kappa shape index (κ3) is 2.80. The largest absolute Gasteiger partial charge is 0.294 e. The van der Waals surface area contributed by atoms with Gasteiger partial charge in [0, 0.05) is 12.6 Å². The number of rotatable bonds is 4. The molecule has 0 atom stereocenters. The maximum atomic E-state index is 12.6. The summed E-state index contributed by atoms with van der Waals surface area (Å²) in [5, 5.41) is 4.31. The van der Waals surface area contributed by atoms with Gasteiger partial charge >= 0.3 is 0 Å². The minimum atomic E-state index is 0.114. The van der Waals surface area contributed by atoms with Crippen LogP contribution in [0.3, 0.4) is 0 Å². The van der Waals surface area contributed by atoms with Crippen LogP contribution >= 0.6 is 0 Å². The zero-order valence-corrected chi connectivity index (χ0v) is 13.8. The van der Waals surface area contributed by atoms with Gasteiger partial charge in [-0.3, -0.25) is 4.79 Å². The summed E-state index contributed by atoms with van der Waals surface area (Å²) in [5.41, 5.74) is 5.58. The summed E-state index contributed by atoms with van der Waals surface area (Å²) in [4.78, 5) is 12.6. The summed E-state index contributed by atoms with van der Waals surface area (Å²) in [6.45, 7) is 2.87. The van der Waals surface area contributed by atoms with E-state index in [9.17, 15) is 4.79 Å². The Morgan fingerprint density at radius 3 is 2.88 bits per heavy atom. The standard InChI is InChI=1S/C20H19BN2O/c1-21-10-9-16-8-7-15(11-19(16)21)12-20(24)17-13-22-23(14-17)18-5-3-2-4-6-18/h2-8,11,13-14H,9-10,12H2,1H3. The number of nitrogens with zero attached hydrogens (tertiary/aromatic N) is 2. The normalized spacial score (nSPS) is 13.1. The van der Waals surface area contributed by atoms with Crippen LogP contribution in [0.2, 0.25) is 13.1 Å². The molecular weight excluding hydrogens is 295 g/mol. The number of hydrogen-bond donors (Lipinski definition) is 0. The lowest BCUT2D eigenvalue weighted by Crippen LogP contribution is -2.23. The van der Waals surface area contributed by atoms with Crippen LogP contribution in [0.5, 0.6) is 0 Å². The van der Waals surface area contributed by atoms with Gasteiger partial charge in [-0.05, 0) is 24.1 Å². The number of carbonyl (C=O) groups excluding carboxylic acids is 1. The Morgan fingerprint density at radius 2 is 2.04 bits per heavy atom. The highest BCUT2D eigenvalue weighted by Crippen LogP contribution is 2.17. The first-order valence-electron chi connectivity index (χ1n) is 8.46. The lowest BCUT2D eigenvalue weighted by atomic mass is 9.48. The number of fused-ring (bicyclic) bond motifs is 1. The quantitative estimate of drug-likeness (QED) is 0.547. The van der Waals surface area contributed by atoms with Crippen LogP contribution in [-0.4, -0.2) is 22.3 Å². The predicted molar refractivity (Wildman–Crippen MR) is 97.8 cm³/mol. The van der Waals surface area contributed by atoms with E-state index in [1.807, 2.05) is 36.5 Å². The van der Waals surface area contributed by atoms with Crippen molar-refractivity contribution in [3.05, 3.63) is 77.6 Å². The molecule has 3 nitrogen and oxygen atoms in total. The molecule has 0 amide bonds. The molecule has 0 radical (unpaired) electrons. The molecule has 0 N–H and O–H groups in total. The molecular formula is C20H19BN2O. The number of hydrogen-bond acceptors (Lipinski definition) is 2. The van der Waals surface area contributed by atoms with Crippen LogP contribution in [0, 0.1) is 0 Å². The Labute approximate surface area is 142 Å². The van der Waals surface area contributed by atoms with Crippen molar-refractivity contribution >= 4 is 18.0 Å². The van der Waals surface area contributed by atoms with Gasteiger partial charge in [-0.2, -0.15) is 5.10 Å². The molecule has 118 valence electrons. The second kappa shape index (κ2) is 6.12. The Kier molecular flexibility index (Phi) is 3.81. The zero-order chi connectivity index (χ0) is 16.5. The lowest BCUT2D eigenvalue weighted by Gasteiger charge is -2.06. The Bertz CT molecular complexity index is 886. The van der Waals surface area contributed by atoms with Gasteiger partial charge in [-0.15, -0.1) is 0 Å². The molecule has 1 aromatic heterocycles. The molecule has 0 aliphatic carbocycles. The highest BCUT2D eigenvalue weighted by atomic mass is 16.1. The summed E-state index contributed by atoms with van der Waals surface area (Å²) in [7, 11) is 0. The van der Waals surface area contributed by atoms with Gasteiger partial charge in [0.05, 0.1) is 17.4 Å². The van der Waals surface area contributed by atoms with E-state index in [0.717, 1.165) is 17.7 Å². The SMILES string of the molecule is CB1CCc2ccc(CC(=O)c3cnn(-c4ccccc4)c3)cc21. The molecule has 0 fully saturated rings. The molecule has 4 heteroatoms. The topological polar surface area (TPSA) is 34.9 Å². The zero-order valence-electron chi connectivity index (χ0n) is 13.8. The summed E-state index contributed by atoms with van der Waals surface area (Å²) in [5.74, 6) is 0.114. The van der Waals surface area contributed by atoms with E-state index >= 15 is 0 Å². The third-order valence-corrected chi connectivity index (χ3v) is 4.88. The lowest BCUT2D eigenvalue weighted by molar-refractivity contribution is 0.0993. The Hall–Kier alpha value is -2.62. The maximum Gasteiger partial charge on any atom is 0.173 e. The smallest absolute Gasteiger partial charge is 0.173 e. The molecule has 4 rings (SSSR count). The molecule has 1 aliphatic rings. The highest BCUT2D eigenvalue weighted by Gasteiger charge is 2.22. The van der Waals surface area contributed by atoms with Crippen LogP contribution in [0.25, 0.3) is 5.69 Å². The van der Waals surface area contributed by atoms with E-state index in [2.05, 4.69) is 30.1 Å². The molecule has 0 saturated carbocycles. The van der Waals surface area contributed by atoms with Gasteiger partial charge in [0.15, 0.2) is 12.5 Å².